The van der Waals surface area contributed by atoms with Gasteiger partial charge in [0.05, 0.1) is 17.6 Å². The third kappa shape index (κ3) is 5.07. The molecule has 1 fully saturated rings. The molecule has 1 aliphatic rings. The number of pyridine rings is 1. The van der Waals surface area contributed by atoms with Gasteiger partial charge in [-0.05, 0) is 37.6 Å². The largest absolute Gasteiger partial charge is 0.368 e. The van der Waals surface area contributed by atoms with Gasteiger partial charge in [0.1, 0.15) is 12.1 Å². The Hall–Kier alpha value is -2.87. The van der Waals surface area contributed by atoms with Crippen molar-refractivity contribution in [3.8, 4) is 0 Å². The number of piperidine rings is 1. The highest BCUT2D eigenvalue weighted by molar-refractivity contribution is 5.85. The number of hydrogen-bond acceptors (Lipinski definition) is 7. The molecule has 31 heavy (non-hydrogen) atoms. The van der Waals surface area contributed by atoms with E-state index in [0.717, 1.165) is 43.0 Å². The lowest BCUT2D eigenvalue weighted by molar-refractivity contribution is 0.147. The molecule has 0 spiro atoms. The molecule has 1 aliphatic heterocycles. The molecular weight excluding hydrogens is 390 g/mol. The van der Waals surface area contributed by atoms with E-state index in [1.165, 1.54) is 12.8 Å². The summed E-state index contributed by atoms with van der Waals surface area (Å²) in [7, 11) is 0. The lowest BCUT2D eigenvalue weighted by Gasteiger charge is -2.36. The molecule has 164 valence electrons. The molecule has 0 aliphatic carbocycles. The zero-order chi connectivity index (χ0) is 21.8. The van der Waals surface area contributed by atoms with Gasteiger partial charge >= 0.3 is 0 Å². The molecule has 3 aromatic rings. The molecule has 4 rings (SSSR count). The van der Waals surface area contributed by atoms with E-state index in [9.17, 15) is 4.79 Å². The van der Waals surface area contributed by atoms with Gasteiger partial charge in [-0.25, -0.2) is 19.6 Å². The van der Waals surface area contributed by atoms with E-state index in [2.05, 4.69) is 51.0 Å². The molecular formula is C23H31N7O. The molecule has 0 amide bonds. The van der Waals surface area contributed by atoms with Crippen LogP contribution in [0.25, 0.3) is 11.0 Å². The minimum absolute atomic E-state index is 0.0420. The first-order chi connectivity index (χ1) is 14.9. The summed E-state index contributed by atoms with van der Waals surface area (Å²) >= 11 is 0. The van der Waals surface area contributed by atoms with Gasteiger partial charge in [0, 0.05) is 36.8 Å². The number of aromatic nitrogens is 5. The molecule has 1 saturated heterocycles. The summed E-state index contributed by atoms with van der Waals surface area (Å²) in [5.41, 5.74) is 1.51. The fourth-order valence-corrected chi connectivity index (χ4v) is 4.07. The second-order valence-electron chi connectivity index (χ2n) is 9.19. The van der Waals surface area contributed by atoms with Crippen LogP contribution in [0, 0.1) is 0 Å². The van der Waals surface area contributed by atoms with Crippen LogP contribution in [0.2, 0.25) is 0 Å². The highest BCUT2D eigenvalue weighted by Crippen LogP contribution is 2.21. The van der Waals surface area contributed by atoms with Crippen molar-refractivity contribution in [1.82, 2.24) is 29.6 Å². The van der Waals surface area contributed by atoms with E-state index < -0.39 is 0 Å². The van der Waals surface area contributed by atoms with Crippen LogP contribution in [0.1, 0.15) is 45.7 Å². The van der Waals surface area contributed by atoms with Crippen LogP contribution in [0.3, 0.4) is 0 Å². The monoisotopic (exact) mass is 421 g/mol. The Morgan fingerprint density at radius 2 is 1.97 bits per heavy atom. The number of nitrogens with one attached hydrogen (secondary N) is 1. The lowest BCUT2D eigenvalue weighted by Crippen LogP contribution is -2.45. The molecule has 0 aromatic carbocycles. The summed E-state index contributed by atoms with van der Waals surface area (Å²) in [6.45, 7) is 9.57. The fraction of sp³-hybridized carbons (Fsp3) is 0.522. The molecule has 8 heteroatoms. The Labute approximate surface area is 182 Å². The molecule has 1 N–H and O–H groups in total. The summed E-state index contributed by atoms with van der Waals surface area (Å²) in [6, 6.07) is 7.76. The Bertz CT molecular complexity index is 1080. The average molecular weight is 422 g/mol. The maximum atomic E-state index is 12.3. The third-order valence-electron chi connectivity index (χ3n) is 5.90. The van der Waals surface area contributed by atoms with Crippen LogP contribution in [-0.4, -0.2) is 55.3 Å². The quantitative estimate of drug-likeness (QED) is 0.655. The topological polar surface area (TPSA) is 88.8 Å². The molecule has 1 unspecified atom stereocenters. The molecule has 0 saturated carbocycles. The second kappa shape index (κ2) is 9.09. The van der Waals surface area contributed by atoms with Gasteiger partial charge in [0.25, 0.3) is 5.56 Å². The summed E-state index contributed by atoms with van der Waals surface area (Å²) in [6.07, 6.45) is 6.82. The third-order valence-corrected chi connectivity index (χ3v) is 5.90. The van der Waals surface area contributed by atoms with E-state index in [0.29, 0.717) is 18.2 Å². The number of hydrogen-bond donors (Lipinski definition) is 1. The van der Waals surface area contributed by atoms with Crippen molar-refractivity contribution >= 4 is 16.9 Å². The Morgan fingerprint density at radius 1 is 1.10 bits per heavy atom. The minimum Gasteiger partial charge on any atom is -0.368 e. The lowest BCUT2D eigenvalue weighted by atomic mass is 9.92. The smallest absolute Gasteiger partial charge is 0.266 e. The molecule has 1 atom stereocenters. The molecule has 0 bridgehead atoms. The van der Waals surface area contributed by atoms with Gasteiger partial charge in [-0.1, -0.05) is 27.2 Å². The number of rotatable bonds is 6. The van der Waals surface area contributed by atoms with Crippen molar-refractivity contribution in [2.45, 2.75) is 58.0 Å². The van der Waals surface area contributed by atoms with E-state index in [1.807, 2.05) is 18.2 Å². The van der Waals surface area contributed by atoms with Crippen LogP contribution in [0.5, 0.6) is 0 Å². The minimum atomic E-state index is -0.0811. The maximum absolute atomic E-state index is 12.3. The normalized spacial score (nSPS) is 17.7. The van der Waals surface area contributed by atoms with Crippen LogP contribution >= 0.6 is 0 Å². The number of nitrogens with zero attached hydrogens (tertiary/aromatic N) is 6. The second-order valence-corrected chi connectivity index (χ2v) is 9.19. The molecule has 8 nitrogen and oxygen atoms in total. The maximum Gasteiger partial charge on any atom is 0.266 e. The van der Waals surface area contributed by atoms with Gasteiger partial charge < -0.3 is 5.32 Å². The van der Waals surface area contributed by atoms with E-state index in [-0.39, 0.29) is 11.0 Å². The summed E-state index contributed by atoms with van der Waals surface area (Å²) in [5.74, 6) is 0.819. The van der Waals surface area contributed by atoms with Crippen molar-refractivity contribution < 1.29 is 0 Å². The van der Waals surface area contributed by atoms with Gasteiger partial charge in [0.15, 0.2) is 5.65 Å². The summed E-state index contributed by atoms with van der Waals surface area (Å²) in [4.78, 5) is 27.8. The van der Waals surface area contributed by atoms with Crippen LogP contribution in [-0.2, 0) is 12.0 Å². The van der Waals surface area contributed by atoms with Gasteiger partial charge in [-0.3, -0.25) is 9.69 Å². The standard InChI is InChI=1S/C23H31N7O/c1-23(2,3)19-9-10-20(31)30(28-19)14-13-29-12-5-4-7-17(29)15-25-22-18-8-6-11-24-21(18)26-16-27-22/h6,8-11,16-17H,4-5,7,12-15H2,1-3H3,(H,24,25,26,27). The van der Waals surface area contributed by atoms with Gasteiger partial charge in [-0.2, -0.15) is 5.10 Å². The van der Waals surface area contributed by atoms with Gasteiger partial charge in [0.2, 0.25) is 0 Å². The van der Waals surface area contributed by atoms with Crippen LogP contribution < -0.4 is 10.9 Å². The van der Waals surface area contributed by atoms with Crippen molar-refractivity contribution in [3.63, 3.8) is 0 Å². The van der Waals surface area contributed by atoms with E-state index in [1.54, 1.807) is 23.3 Å². The Morgan fingerprint density at radius 3 is 2.81 bits per heavy atom. The molecule has 0 radical (unpaired) electrons. The Balaban J connectivity index is 1.43. The molecule has 3 aromatic heterocycles. The number of likely N-dealkylation sites (tertiary alicyclic amines) is 1. The van der Waals surface area contributed by atoms with Crippen molar-refractivity contribution in [1.29, 1.82) is 0 Å². The van der Waals surface area contributed by atoms with Crippen LogP contribution in [0.15, 0.2) is 41.6 Å². The highest BCUT2D eigenvalue weighted by atomic mass is 16.1. The first-order valence-corrected chi connectivity index (χ1v) is 11.0. The molecule has 4 heterocycles. The summed E-state index contributed by atoms with van der Waals surface area (Å²) < 4.78 is 1.61. The SMILES string of the molecule is CC(C)(C)c1ccc(=O)n(CCN2CCCCC2CNc2ncnc3ncccc23)n1. The first-order valence-electron chi connectivity index (χ1n) is 11.0. The predicted molar refractivity (Wildman–Crippen MR) is 122 cm³/mol. The van der Waals surface area contributed by atoms with E-state index in [4.69, 9.17) is 0 Å². The highest BCUT2D eigenvalue weighted by Gasteiger charge is 2.23. The Kier molecular flexibility index (Phi) is 6.27. The zero-order valence-corrected chi connectivity index (χ0v) is 18.6. The van der Waals surface area contributed by atoms with Crippen molar-refractivity contribution in [3.05, 3.63) is 52.8 Å². The number of anilines is 1. The predicted octanol–water partition coefficient (Wildman–Crippen LogP) is 2.85. The van der Waals surface area contributed by atoms with E-state index >= 15 is 0 Å². The number of fused-ring (bicyclic) bond motifs is 1. The van der Waals surface area contributed by atoms with Crippen LogP contribution in [0.4, 0.5) is 5.82 Å². The van der Waals surface area contributed by atoms with Crippen molar-refractivity contribution in [2.24, 2.45) is 0 Å². The first kappa shape index (κ1) is 21.4. The zero-order valence-electron chi connectivity index (χ0n) is 18.6. The summed E-state index contributed by atoms with van der Waals surface area (Å²) in [5, 5.41) is 9.06. The fourth-order valence-electron chi connectivity index (χ4n) is 4.07. The van der Waals surface area contributed by atoms with Gasteiger partial charge in [-0.15, -0.1) is 0 Å². The average Bonchev–Trinajstić information content (AvgIpc) is 2.77. The van der Waals surface area contributed by atoms with Crippen molar-refractivity contribution in [2.75, 3.05) is 25.0 Å².